The number of nitrogens with two attached hydrogens (primary N) is 1. The summed E-state index contributed by atoms with van der Waals surface area (Å²) >= 11 is 1.02. The van der Waals surface area contributed by atoms with Crippen LogP contribution in [0.3, 0.4) is 0 Å². The van der Waals surface area contributed by atoms with Gasteiger partial charge in [0.2, 0.25) is 11.5 Å². The van der Waals surface area contributed by atoms with E-state index in [-0.39, 0.29) is 36.1 Å². The fourth-order valence-corrected chi connectivity index (χ4v) is 2.71. The first kappa shape index (κ1) is 25.5. The zero-order valence-corrected chi connectivity index (χ0v) is 18.3. The molecule has 1 unspecified atom stereocenters. The minimum atomic E-state index is -1.72. The molecular formula is C17H21N5O10S. The number of oxime groups is 1. The summed E-state index contributed by atoms with van der Waals surface area (Å²) < 4.78 is 4.96. The quantitative estimate of drug-likeness (QED) is 0.0877. The van der Waals surface area contributed by atoms with E-state index in [0.29, 0.717) is 5.06 Å². The molecular weight excluding hydrogens is 466 g/mol. The summed E-state index contributed by atoms with van der Waals surface area (Å²) in [5.41, 5.74) is 3.54. The Kier molecular flexibility index (Phi) is 8.25. The number of nitrogen functional groups attached to an aromatic ring is 1. The van der Waals surface area contributed by atoms with E-state index in [1.54, 1.807) is 0 Å². The van der Waals surface area contributed by atoms with Crippen LogP contribution in [0.5, 0.6) is 0 Å². The van der Waals surface area contributed by atoms with Gasteiger partial charge in [0.15, 0.2) is 23.5 Å². The number of rotatable bonds is 12. The second-order valence-corrected chi connectivity index (χ2v) is 7.84. The molecule has 16 heteroatoms. The maximum atomic E-state index is 12.5. The predicted molar refractivity (Wildman–Crippen MR) is 109 cm³/mol. The molecule has 15 nitrogen and oxygen atoms in total. The van der Waals surface area contributed by atoms with Gasteiger partial charge in [-0.05, 0) is 13.8 Å². The smallest absolute Gasteiger partial charge is 0.350 e. The van der Waals surface area contributed by atoms with Crippen molar-refractivity contribution < 1.29 is 48.6 Å². The summed E-state index contributed by atoms with van der Waals surface area (Å²) in [7, 11) is 0. The van der Waals surface area contributed by atoms with Crippen LogP contribution in [-0.2, 0) is 38.4 Å². The Morgan fingerprint density at radius 2 is 2.06 bits per heavy atom. The number of hydroxylamine groups is 2. The number of hydrogen-bond donors (Lipinski definition) is 4. The summed E-state index contributed by atoms with van der Waals surface area (Å²) in [5.74, 6) is -4.85. The molecule has 2 heterocycles. The molecule has 0 aliphatic carbocycles. The Morgan fingerprint density at radius 3 is 2.61 bits per heavy atom. The highest BCUT2D eigenvalue weighted by Crippen LogP contribution is 2.21. The van der Waals surface area contributed by atoms with Crippen molar-refractivity contribution in [3.63, 3.8) is 0 Å². The van der Waals surface area contributed by atoms with Crippen molar-refractivity contribution in [2.45, 2.75) is 31.9 Å². The fourth-order valence-electron chi connectivity index (χ4n) is 2.16. The highest BCUT2D eigenvalue weighted by Gasteiger charge is 2.44. The highest BCUT2D eigenvalue weighted by molar-refractivity contribution is 7.13. The molecule has 1 atom stereocenters. The summed E-state index contributed by atoms with van der Waals surface area (Å²) in [5, 5.41) is 25.9. The number of carboxylic acids is 2. The number of thiazole rings is 1. The van der Waals surface area contributed by atoms with E-state index in [9.17, 15) is 24.0 Å². The average molecular weight is 487 g/mol. The first-order valence-electron chi connectivity index (χ1n) is 9.25. The van der Waals surface area contributed by atoms with Gasteiger partial charge in [-0.25, -0.2) is 24.4 Å². The Labute approximate surface area is 190 Å². The minimum absolute atomic E-state index is 0.0485. The molecule has 0 spiro atoms. The van der Waals surface area contributed by atoms with Crippen LogP contribution >= 0.6 is 11.3 Å². The van der Waals surface area contributed by atoms with Gasteiger partial charge in [-0.2, -0.15) is 0 Å². The SMILES string of the molecule is CC(C)(ON=C(C(=O)NCCOC(=O)C1CC(=O)N1OCC(=O)O)c1csc(N)n1)C(=O)O. The van der Waals surface area contributed by atoms with Crippen LogP contribution in [0.4, 0.5) is 5.13 Å². The molecule has 0 saturated carbocycles. The van der Waals surface area contributed by atoms with Crippen molar-refractivity contribution in [2.24, 2.45) is 5.16 Å². The summed E-state index contributed by atoms with van der Waals surface area (Å²) in [6, 6.07) is -1.09. The number of hydrogen-bond acceptors (Lipinski definition) is 12. The molecule has 5 N–H and O–H groups in total. The van der Waals surface area contributed by atoms with Crippen molar-refractivity contribution in [1.82, 2.24) is 15.4 Å². The fraction of sp³-hybridized carbons (Fsp3) is 0.471. The molecule has 0 radical (unpaired) electrons. The van der Waals surface area contributed by atoms with Crippen LogP contribution in [0.2, 0.25) is 0 Å². The molecule has 0 bridgehead atoms. The Balaban J connectivity index is 1.91. The van der Waals surface area contributed by atoms with Crippen molar-refractivity contribution >= 4 is 51.9 Å². The van der Waals surface area contributed by atoms with E-state index >= 15 is 0 Å². The van der Waals surface area contributed by atoms with Crippen LogP contribution in [0.25, 0.3) is 0 Å². The molecule has 1 aromatic heterocycles. The van der Waals surface area contributed by atoms with E-state index in [4.69, 9.17) is 30.4 Å². The number of ether oxygens (including phenoxy) is 1. The summed E-state index contributed by atoms with van der Waals surface area (Å²) in [6.45, 7) is 1.20. The number of carboxylic acid groups (broad SMARTS) is 2. The number of aliphatic carboxylic acids is 2. The van der Waals surface area contributed by atoms with Gasteiger partial charge in [-0.1, -0.05) is 5.16 Å². The number of carbonyl (C=O) groups is 5. The van der Waals surface area contributed by atoms with Gasteiger partial charge >= 0.3 is 17.9 Å². The maximum Gasteiger partial charge on any atom is 0.350 e. The largest absolute Gasteiger partial charge is 0.479 e. The standard InChI is InChI=1S/C17H21N5O10S/c1-17(2,15(28)29)32-21-12(8-7-33-16(18)20-8)13(26)19-3-4-30-14(27)9-5-10(23)22(9)31-6-11(24)25/h7,9H,3-6H2,1-2H3,(H2,18,20)(H,19,26)(H,24,25)(H,28,29). The predicted octanol–water partition coefficient (Wildman–Crippen LogP) is -1.41. The molecule has 1 saturated heterocycles. The van der Waals surface area contributed by atoms with Gasteiger partial charge in [-0.15, -0.1) is 11.3 Å². The monoisotopic (exact) mass is 487 g/mol. The number of nitrogens with zero attached hydrogens (tertiary/aromatic N) is 3. The first-order chi connectivity index (χ1) is 15.4. The number of anilines is 1. The second-order valence-electron chi connectivity index (χ2n) is 6.95. The van der Waals surface area contributed by atoms with Gasteiger partial charge in [0.25, 0.3) is 5.91 Å². The third kappa shape index (κ3) is 6.84. The lowest BCUT2D eigenvalue weighted by atomic mass is 10.1. The van der Waals surface area contributed by atoms with Gasteiger partial charge in [0.1, 0.15) is 12.3 Å². The molecule has 1 aliphatic rings. The number of aromatic nitrogens is 1. The van der Waals surface area contributed by atoms with Crippen molar-refractivity contribution in [1.29, 1.82) is 0 Å². The highest BCUT2D eigenvalue weighted by atomic mass is 32.1. The molecule has 180 valence electrons. The second kappa shape index (κ2) is 10.7. The van der Waals surface area contributed by atoms with Crippen molar-refractivity contribution in [2.75, 3.05) is 25.5 Å². The molecule has 0 aromatic carbocycles. The Bertz CT molecular complexity index is 975. The van der Waals surface area contributed by atoms with Gasteiger partial charge in [0.05, 0.1) is 13.0 Å². The molecule has 33 heavy (non-hydrogen) atoms. The van der Waals surface area contributed by atoms with Crippen LogP contribution in [-0.4, -0.2) is 87.1 Å². The van der Waals surface area contributed by atoms with Crippen LogP contribution < -0.4 is 11.1 Å². The van der Waals surface area contributed by atoms with Gasteiger partial charge in [-0.3, -0.25) is 14.4 Å². The van der Waals surface area contributed by atoms with Crippen LogP contribution in [0, 0.1) is 0 Å². The van der Waals surface area contributed by atoms with Crippen molar-refractivity contribution in [3.8, 4) is 0 Å². The number of esters is 1. The van der Waals surface area contributed by atoms with Crippen molar-refractivity contribution in [3.05, 3.63) is 11.1 Å². The molecule has 1 fully saturated rings. The van der Waals surface area contributed by atoms with E-state index in [2.05, 4.69) is 15.5 Å². The molecule has 2 rings (SSSR count). The molecule has 2 amide bonds. The normalized spacial score (nSPS) is 16.1. The lowest BCUT2D eigenvalue weighted by Crippen LogP contribution is -2.57. The van der Waals surface area contributed by atoms with Gasteiger partial charge < -0.3 is 30.8 Å². The average Bonchev–Trinajstić information content (AvgIpc) is 3.14. The van der Waals surface area contributed by atoms with E-state index in [1.165, 1.54) is 19.2 Å². The van der Waals surface area contributed by atoms with E-state index in [1.807, 2.05) is 0 Å². The number of amides is 2. The third-order valence-corrected chi connectivity index (χ3v) is 4.66. The number of carbonyl (C=O) groups excluding carboxylic acids is 3. The van der Waals surface area contributed by atoms with Crippen LogP contribution in [0.1, 0.15) is 26.0 Å². The van der Waals surface area contributed by atoms with E-state index < -0.39 is 48.0 Å². The summed E-state index contributed by atoms with van der Waals surface area (Å²) in [4.78, 5) is 71.3. The first-order valence-corrected chi connectivity index (χ1v) is 10.1. The number of β-lactam (4-membered cyclic amide) rings is 1. The topological polar surface area (TPSA) is 220 Å². The molecule has 1 aliphatic heterocycles. The number of nitrogens with one attached hydrogen (secondary N) is 1. The lowest BCUT2D eigenvalue weighted by Gasteiger charge is -2.36. The Morgan fingerprint density at radius 1 is 1.36 bits per heavy atom. The maximum absolute atomic E-state index is 12.5. The minimum Gasteiger partial charge on any atom is -0.479 e. The summed E-state index contributed by atoms with van der Waals surface area (Å²) in [6.07, 6.45) is -0.205. The zero-order chi connectivity index (χ0) is 24.8. The van der Waals surface area contributed by atoms with Gasteiger partial charge in [0, 0.05) is 5.38 Å². The zero-order valence-electron chi connectivity index (χ0n) is 17.5. The van der Waals surface area contributed by atoms with Crippen LogP contribution in [0.15, 0.2) is 10.5 Å². The third-order valence-electron chi connectivity index (χ3n) is 3.99. The lowest BCUT2D eigenvalue weighted by molar-refractivity contribution is -0.233. The van der Waals surface area contributed by atoms with E-state index in [0.717, 1.165) is 11.3 Å². The Hall–Kier alpha value is -3.79. The molecule has 1 aromatic rings.